The molecule has 1 amide bonds. The van der Waals surface area contributed by atoms with Gasteiger partial charge in [-0.3, -0.25) is 4.79 Å². The average Bonchev–Trinajstić information content (AvgIpc) is 2.50. The third-order valence-electron chi connectivity index (χ3n) is 3.43. The minimum atomic E-state index is -4.65. The first kappa shape index (κ1) is 18.0. The molecule has 1 aromatic rings. The number of hydrogen-bond donors (Lipinski definition) is 1. The van der Waals surface area contributed by atoms with E-state index in [2.05, 4.69) is 10.1 Å². The molecule has 0 spiro atoms. The zero-order chi connectivity index (χ0) is 16.9. The van der Waals surface area contributed by atoms with Gasteiger partial charge in [-0.15, -0.1) is 0 Å². The van der Waals surface area contributed by atoms with E-state index in [0.29, 0.717) is 6.42 Å². The van der Waals surface area contributed by atoms with Gasteiger partial charge in [-0.25, -0.2) is 4.79 Å². The third kappa shape index (κ3) is 4.22. The first-order valence-corrected chi connectivity index (χ1v) is 6.77. The lowest BCUT2D eigenvalue weighted by atomic mass is 9.98. The molecule has 2 atom stereocenters. The largest absolute Gasteiger partial charge is 0.467 e. The van der Waals surface area contributed by atoms with Gasteiger partial charge in [0.2, 0.25) is 0 Å². The molecule has 122 valence electrons. The molecule has 0 aliphatic rings. The first-order chi connectivity index (χ1) is 10.2. The second kappa shape index (κ2) is 7.29. The minimum Gasteiger partial charge on any atom is -0.467 e. The lowest BCUT2D eigenvalue weighted by Gasteiger charge is -2.22. The highest BCUT2D eigenvalue weighted by atomic mass is 19.4. The van der Waals surface area contributed by atoms with Crippen LogP contribution in [-0.2, 0) is 15.7 Å². The number of rotatable bonds is 5. The molecule has 0 aliphatic heterocycles. The highest BCUT2D eigenvalue weighted by Crippen LogP contribution is 2.31. The van der Waals surface area contributed by atoms with Gasteiger partial charge in [-0.1, -0.05) is 32.4 Å². The maximum absolute atomic E-state index is 12.9. The summed E-state index contributed by atoms with van der Waals surface area (Å²) in [5, 5.41) is 2.33. The van der Waals surface area contributed by atoms with Gasteiger partial charge in [0.25, 0.3) is 5.91 Å². The van der Waals surface area contributed by atoms with Crippen LogP contribution in [0.4, 0.5) is 13.2 Å². The molecule has 7 heteroatoms. The Bertz CT molecular complexity index is 543. The predicted molar refractivity (Wildman–Crippen MR) is 74.2 cm³/mol. The smallest absolute Gasteiger partial charge is 0.417 e. The van der Waals surface area contributed by atoms with E-state index < -0.39 is 35.2 Å². The number of halogens is 3. The number of nitrogens with one attached hydrogen (secondary N) is 1. The Labute approximate surface area is 126 Å². The summed E-state index contributed by atoms with van der Waals surface area (Å²) in [4.78, 5) is 23.8. The van der Waals surface area contributed by atoms with Crippen molar-refractivity contribution in [2.24, 2.45) is 5.92 Å². The molecule has 0 heterocycles. The highest BCUT2D eigenvalue weighted by molar-refractivity contribution is 5.98. The fourth-order valence-electron chi connectivity index (χ4n) is 1.94. The van der Waals surface area contributed by atoms with E-state index in [0.717, 1.165) is 19.2 Å². The molecule has 0 saturated carbocycles. The van der Waals surface area contributed by atoms with E-state index in [1.807, 2.05) is 0 Å². The molecular weight excluding hydrogens is 299 g/mol. The molecule has 0 radical (unpaired) electrons. The maximum atomic E-state index is 12.9. The van der Waals surface area contributed by atoms with Crippen LogP contribution in [0.2, 0.25) is 0 Å². The van der Waals surface area contributed by atoms with Crippen LogP contribution in [-0.4, -0.2) is 25.0 Å². The second-order valence-electron chi connectivity index (χ2n) is 4.90. The number of methoxy groups -OCH3 is 1. The highest BCUT2D eigenvalue weighted by Gasteiger charge is 2.36. The van der Waals surface area contributed by atoms with Crippen LogP contribution < -0.4 is 5.32 Å². The fourth-order valence-corrected chi connectivity index (χ4v) is 1.94. The molecule has 22 heavy (non-hydrogen) atoms. The van der Waals surface area contributed by atoms with E-state index in [4.69, 9.17) is 0 Å². The van der Waals surface area contributed by atoms with Crippen molar-refractivity contribution >= 4 is 11.9 Å². The fraction of sp³-hybridized carbons (Fsp3) is 0.467. The van der Waals surface area contributed by atoms with E-state index in [1.165, 1.54) is 12.1 Å². The number of esters is 1. The lowest BCUT2D eigenvalue weighted by Crippen LogP contribution is -2.46. The number of benzene rings is 1. The molecule has 1 aromatic carbocycles. The van der Waals surface area contributed by atoms with Crippen molar-refractivity contribution in [2.75, 3.05) is 7.11 Å². The summed E-state index contributed by atoms with van der Waals surface area (Å²) in [6, 6.07) is 3.44. The zero-order valence-electron chi connectivity index (χ0n) is 12.5. The summed E-state index contributed by atoms with van der Waals surface area (Å²) in [6.45, 7) is 3.51. The van der Waals surface area contributed by atoms with Crippen molar-refractivity contribution in [3.8, 4) is 0 Å². The molecule has 0 aromatic heterocycles. The van der Waals surface area contributed by atoms with Crippen LogP contribution in [0.15, 0.2) is 24.3 Å². The minimum absolute atomic E-state index is 0.269. The van der Waals surface area contributed by atoms with E-state index in [9.17, 15) is 22.8 Å². The normalized spacial score (nSPS) is 14.1. The van der Waals surface area contributed by atoms with Crippen LogP contribution >= 0.6 is 0 Å². The Morgan fingerprint density at radius 3 is 2.36 bits per heavy atom. The molecule has 0 unspecified atom stereocenters. The molecule has 0 aliphatic carbocycles. The third-order valence-corrected chi connectivity index (χ3v) is 3.43. The summed E-state index contributed by atoms with van der Waals surface area (Å²) >= 11 is 0. The molecule has 1 rings (SSSR count). The van der Waals surface area contributed by atoms with Gasteiger partial charge in [0.1, 0.15) is 6.04 Å². The molecule has 0 fully saturated rings. The van der Waals surface area contributed by atoms with E-state index in [1.54, 1.807) is 13.8 Å². The summed E-state index contributed by atoms with van der Waals surface area (Å²) in [5.41, 5.74) is -1.56. The Morgan fingerprint density at radius 2 is 1.86 bits per heavy atom. The Hall–Kier alpha value is -2.05. The standard InChI is InChI=1S/C15H18F3NO3/c1-4-9(2)12(14(21)22-3)19-13(20)10-7-5-6-8-11(10)15(16,17)18/h5-9,12H,4H2,1-3H3,(H,19,20)/t9-,12-/m1/s1. The number of carbonyl (C=O) groups excluding carboxylic acids is 2. The van der Waals surface area contributed by atoms with Crippen molar-refractivity contribution in [3.05, 3.63) is 35.4 Å². The monoisotopic (exact) mass is 317 g/mol. The van der Waals surface area contributed by atoms with Crippen molar-refractivity contribution in [2.45, 2.75) is 32.5 Å². The Morgan fingerprint density at radius 1 is 1.27 bits per heavy atom. The van der Waals surface area contributed by atoms with Gasteiger partial charge >= 0.3 is 12.1 Å². The van der Waals surface area contributed by atoms with Gasteiger partial charge in [0.05, 0.1) is 18.2 Å². The Kier molecular flexibility index (Phi) is 5.96. The maximum Gasteiger partial charge on any atom is 0.417 e. The van der Waals surface area contributed by atoms with Crippen molar-refractivity contribution in [1.29, 1.82) is 0 Å². The quantitative estimate of drug-likeness (QED) is 0.849. The molecule has 0 bridgehead atoms. The predicted octanol–water partition coefficient (Wildman–Crippen LogP) is 3.02. The van der Waals surface area contributed by atoms with Gasteiger partial charge in [0.15, 0.2) is 0 Å². The number of hydrogen-bond acceptors (Lipinski definition) is 3. The van der Waals surface area contributed by atoms with Crippen molar-refractivity contribution in [3.63, 3.8) is 0 Å². The van der Waals surface area contributed by atoms with Crippen molar-refractivity contribution < 1.29 is 27.5 Å². The van der Waals surface area contributed by atoms with Gasteiger partial charge in [0, 0.05) is 0 Å². The SMILES string of the molecule is CC[C@@H](C)[C@@H](NC(=O)c1ccccc1C(F)(F)F)C(=O)OC. The second-order valence-corrected chi connectivity index (χ2v) is 4.90. The number of amides is 1. The molecular formula is C15H18F3NO3. The van der Waals surface area contributed by atoms with E-state index >= 15 is 0 Å². The van der Waals surface area contributed by atoms with Crippen LogP contribution in [0.25, 0.3) is 0 Å². The van der Waals surface area contributed by atoms with Crippen LogP contribution in [0.3, 0.4) is 0 Å². The molecule has 1 N–H and O–H groups in total. The first-order valence-electron chi connectivity index (χ1n) is 6.77. The van der Waals surface area contributed by atoms with Gasteiger partial charge < -0.3 is 10.1 Å². The number of carbonyl (C=O) groups is 2. The number of alkyl halides is 3. The summed E-state index contributed by atoms with van der Waals surface area (Å²) in [5.74, 6) is -1.91. The van der Waals surface area contributed by atoms with Crippen LogP contribution in [0, 0.1) is 5.92 Å². The Balaban J connectivity index is 3.08. The van der Waals surface area contributed by atoms with Crippen LogP contribution in [0.1, 0.15) is 36.2 Å². The summed E-state index contributed by atoms with van der Waals surface area (Å²) < 4.78 is 43.4. The topological polar surface area (TPSA) is 55.4 Å². The molecule has 0 saturated heterocycles. The van der Waals surface area contributed by atoms with Crippen LogP contribution in [0.5, 0.6) is 0 Å². The summed E-state index contributed by atoms with van der Waals surface area (Å²) in [6.07, 6.45) is -4.09. The number of ether oxygens (including phenoxy) is 1. The van der Waals surface area contributed by atoms with Gasteiger partial charge in [-0.2, -0.15) is 13.2 Å². The summed E-state index contributed by atoms with van der Waals surface area (Å²) in [7, 11) is 1.16. The average molecular weight is 317 g/mol. The van der Waals surface area contributed by atoms with E-state index in [-0.39, 0.29) is 5.92 Å². The lowest BCUT2D eigenvalue weighted by molar-refractivity contribution is -0.144. The molecule has 4 nitrogen and oxygen atoms in total. The zero-order valence-corrected chi connectivity index (χ0v) is 12.5. The van der Waals surface area contributed by atoms with Gasteiger partial charge in [-0.05, 0) is 18.1 Å². The van der Waals surface area contributed by atoms with Crippen molar-refractivity contribution in [1.82, 2.24) is 5.32 Å².